The first-order chi connectivity index (χ1) is 17.7. The number of esters is 1. The minimum absolute atomic E-state index is 0.0153. The van der Waals surface area contributed by atoms with E-state index in [9.17, 15) is 30.1 Å². The van der Waals surface area contributed by atoms with Gasteiger partial charge >= 0.3 is 5.97 Å². The summed E-state index contributed by atoms with van der Waals surface area (Å²) in [6.45, 7) is 3.93. The topological polar surface area (TPSA) is 180 Å². The molecular weight excluding hydrogens is 488 g/mol. The van der Waals surface area contributed by atoms with Gasteiger partial charge in [-0.05, 0) is 25.0 Å². The average Bonchev–Trinajstić information content (AvgIpc) is 3.45. The molecule has 13 heteroatoms. The lowest BCUT2D eigenvalue weighted by atomic mass is 10.3. The van der Waals surface area contributed by atoms with Crippen LogP contribution in [-0.2, 0) is 4.74 Å². The van der Waals surface area contributed by atoms with Gasteiger partial charge in [-0.1, -0.05) is 26.0 Å². The molecule has 3 rings (SSSR count). The van der Waals surface area contributed by atoms with Crippen LogP contribution in [0, 0.1) is 20.2 Å². The third-order valence-corrected chi connectivity index (χ3v) is 4.83. The Hall–Kier alpha value is -4.52. The molecule has 2 unspecified atom stereocenters. The molecule has 0 spiro atoms. The first-order valence-electron chi connectivity index (χ1n) is 11.4. The number of hydrogen-bond acceptors (Lipinski definition) is 10. The predicted octanol–water partition coefficient (Wildman–Crippen LogP) is 4.08. The minimum Gasteiger partial charge on any atom is -0.491 e. The van der Waals surface area contributed by atoms with E-state index < -0.39 is 28.0 Å². The Labute approximate surface area is 212 Å². The van der Waals surface area contributed by atoms with Crippen LogP contribution in [0.4, 0.5) is 11.4 Å². The Morgan fingerprint density at radius 3 is 2.00 bits per heavy atom. The number of nitrogens with zero attached hydrogens (tertiary/aromatic N) is 3. The van der Waals surface area contributed by atoms with Crippen molar-refractivity contribution in [3.05, 3.63) is 87.0 Å². The highest BCUT2D eigenvalue weighted by atomic mass is 16.6. The van der Waals surface area contributed by atoms with E-state index in [-0.39, 0.29) is 30.4 Å². The number of rotatable bonds is 12. The number of imidazole rings is 1. The highest BCUT2D eigenvalue weighted by molar-refractivity contribution is 5.85. The molecule has 0 aliphatic rings. The average molecular weight is 517 g/mol. The van der Waals surface area contributed by atoms with Crippen molar-refractivity contribution in [3.63, 3.8) is 0 Å². The molecule has 13 nitrogen and oxygen atoms in total. The first-order valence-corrected chi connectivity index (χ1v) is 11.4. The molecule has 0 amide bonds. The minimum atomic E-state index is -0.570. The van der Waals surface area contributed by atoms with Crippen LogP contribution >= 0.6 is 0 Å². The second kappa shape index (κ2) is 14.8. The maximum Gasteiger partial charge on any atom is 0.374 e. The van der Waals surface area contributed by atoms with Crippen molar-refractivity contribution in [2.75, 3.05) is 13.2 Å². The molecular formula is C24H28N4O9. The molecule has 1 heterocycles. The maximum absolute atomic E-state index is 11.8. The van der Waals surface area contributed by atoms with Gasteiger partial charge in [-0.2, -0.15) is 0 Å². The Morgan fingerprint density at radius 2 is 1.54 bits per heavy atom. The number of carbonyl (C=O) groups excluding carboxylic acids is 1. The van der Waals surface area contributed by atoms with E-state index in [1.54, 1.807) is 18.2 Å². The SMILES string of the molecule is CCC(COc1cccc([N+](=O)[O-])c1)OC(=O)c1ncc[nH]1.CCC(O)COc1cccc([N+](=O)[O-])c1. The second-order valence-corrected chi connectivity index (χ2v) is 7.57. The fourth-order valence-corrected chi connectivity index (χ4v) is 2.69. The zero-order valence-electron chi connectivity index (χ0n) is 20.3. The molecule has 0 aliphatic carbocycles. The monoisotopic (exact) mass is 516 g/mol. The number of carbonyl (C=O) groups is 1. The lowest BCUT2D eigenvalue weighted by Gasteiger charge is -2.16. The van der Waals surface area contributed by atoms with Crippen molar-refractivity contribution < 1.29 is 34.0 Å². The number of benzene rings is 2. The van der Waals surface area contributed by atoms with Gasteiger partial charge in [-0.25, -0.2) is 9.78 Å². The number of non-ortho nitro benzene ring substituents is 2. The van der Waals surface area contributed by atoms with Gasteiger partial charge in [0.05, 0.1) is 28.1 Å². The number of aliphatic hydroxyl groups excluding tert-OH is 1. The van der Waals surface area contributed by atoms with Gasteiger partial charge < -0.3 is 24.3 Å². The summed E-state index contributed by atoms with van der Waals surface area (Å²) in [7, 11) is 0. The van der Waals surface area contributed by atoms with Gasteiger partial charge in [0, 0.05) is 24.5 Å². The second-order valence-electron chi connectivity index (χ2n) is 7.57. The summed E-state index contributed by atoms with van der Waals surface area (Å²) < 4.78 is 15.9. The van der Waals surface area contributed by atoms with E-state index in [2.05, 4.69) is 9.97 Å². The van der Waals surface area contributed by atoms with Crippen molar-refractivity contribution in [2.24, 2.45) is 0 Å². The summed E-state index contributed by atoms with van der Waals surface area (Å²) in [5, 5.41) is 30.4. The number of aromatic nitrogens is 2. The molecule has 198 valence electrons. The standard InChI is InChI=1S/C14H15N3O5.C10H13NO4/c1-2-11(22-14(18)13-15-6-7-16-13)9-21-12-5-3-4-10(8-12)17(19)20;1-2-9(12)7-15-10-5-3-4-8(6-10)11(13)14/h3-8,11H,2,9H2,1H3,(H,15,16);3-6,9,12H,2,7H2,1H3. The van der Waals surface area contributed by atoms with E-state index >= 15 is 0 Å². The number of nitro groups is 2. The maximum atomic E-state index is 11.8. The van der Waals surface area contributed by atoms with Gasteiger partial charge in [0.2, 0.25) is 5.82 Å². The smallest absolute Gasteiger partial charge is 0.374 e. The van der Waals surface area contributed by atoms with E-state index in [1.165, 1.54) is 42.7 Å². The fourth-order valence-electron chi connectivity index (χ4n) is 2.69. The molecule has 2 N–H and O–H groups in total. The number of aliphatic hydroxyl groups is 1. The van der Waals surface area contributed by atoms with E-state index in [4.69, 9.17) is 14.2 Å². The summed E-state index contributed by atoms with van der Waals surface area (Å²) >= 11 is 0. The molecule has 37 heavy (non-hydrogen) atoms. The van der Waals surface area contributed by atoms with E-state index in [1.807, 2.05) is 13.8 Å². The Morgan fingerprint density at radius 1 is 0.973 bits per heavy atom. The van der Waals surface area contributed by atoms with Gasteiger partial charge in [-0.15, -0.1) is 0 Å². The normalized spacial score (nSPS) is 11.9. The number of H-pyrrole nitrogens is 1. The molecule has 0 bridgehead atoms. The summed E-state index contributed by atoms with van der Waals surface area (Å²) in [5.41, 5.74) is -0.0726. The summed E-state index contributed by atoms with van der Waals surface area (Å²) in [6, 6.07) is 11.7. The van der Waals surface area contributed by atoms with E-state index in [0.29, 0.717) is 24.3 Å². The van der Waals surface area contributed by atoms with Crippen LogP contribution in [0.25, 0.3) is 0 Å². The van der Waals surface area contributed by atoms with Crippen molar-refractivity contribution in [1.82, 2.24) is 9.97 Å². The molecule has 1 aromatic heterocycles. The molecule has 0 aliphatic heterocycles. The van der Waals surface area contributed by atoms with Gasteiger partial charge in [0.15, 0.2) is 0 Å². The van der Waals surface area contributed by atoms with Crippen LogP contribution in [0.1, 0.15) is 37.3 Å². The van der Waals surface area contributed by atoms with Crippen LogP contribution in [0.2, 0.25) is 0 Å². The third-order valence-electron chi connectivity index (χ3n) is 4.83. The number of nitrogens with one attached hydrogen (secondary N) is 1. The highest BCUT2D eigenvalue weighted by Crippen LogP contribution is 2.20. The number of ether oxygens (including phenoxy) is 3. The molecule has 0 saturated carbocycles. The van der Waals surface area contributed by atoms with Crippen molar-refractivity contribution in [1.29, 1.82) is 0 Å². The fraction of sp³-hybridized carbons (Fsp3) is 0.333. The number of hydrogen-bond donors (Lipinski definition) is 2. The first kappa shape index (κ1) is 28.7. The molecule has 0 saturated heterocycles. The zero-order valence-corrected chi connectivity index (χ0v) is 20.3. The van der Waals surface area contributed by atoms with Gasteiger partial charge in [-0.3, -0.25) is 20.2 Å². The molecule has 0 radical (unpaired) electrons. The quantitative estimate of drug-likeness (QED) is 0.202. The highest BCUT2D eigenvalue weighted by Gasteiger charge is 2.17. The Balaban J connectivity index is 0.000000281. The van der Waals surface area contributed by atoms with Crippen LogP contribution in [-0.4, -0.2) is 56.3 Å². The van der Waals surface area contributed by atoms with Crippen LogP contribution < -0.4 is 9.47 Å². The Kier molecular flexibility index (Phi) is 11.5. The third kappa shape index (κ3) is 9.93. The summed E-state index contributed by atoms with van der Waals surface area (Å²) in [5.74, 6) is 0.298. The van der Waals surface area contributed by atoms with Gasteiger partial charge in [0.1, 0.15) is 30.8 Å². The van der Waals surface area contributed by atoms with Gasteiger partial charge in [0.25, 0.3) is 11.4 Å². The molecule has 0 fully saturated rings. The van der Waals surface area contributed by atoms with Crippen LogP contribution in [0.5, 0.6) is 11.5 Å². The van der Waals surface area contributed by atoms with E-state index in [0.717, 1.165) is 0 Å². The lowest BCUT2D eigenvalue weighted by Crippen LogP contribution is -2.25. The molecule has 2 aromatic carbocycles. The predicted molar refractivity (Wildman–Crippen MR) is 132 cm³/mol. The zero-order chi connectivity index (χ0) is 27.2. The number of nitro benzene ring substituents is 2. The summed E-state index contributed by atoms with van der Waals surface area (Å²) in [6.07, 6.45) is 3.10. The van der Waals surface area contributed by atoms with Crippen molar-refractivity contribution in [2.45, 2.75) is 38.9 Å². The van der Waals surface area contributed by atoms with Crippen LogP contribution in [0.15, 0.2) is 60.9 Å². The van der Waals surface area contributed by atoms with Crippen LogP contribution in [0.3, 0.4) is 0 Å². The molecule has 3 aromatic rings. The van der Waals surface area contributed by atoms with Crippen molar-refractivity contribution >= 4 is 17.3 Å². The summed E-state index contributed by atoms with van der Waals surface area (Å²) in [4.78, 5) is 38.4. The Bertz CT molecular complexity index is 1150. The molecule has 2 atom stereocenters. The largest absolute Gasteiger partial charge is 0.491 e. The number of aromatic amines is 1. The van der Waals surface area contributed by atoms with Crippen molar-refractivity contribution in [3.8, 4) is 11.5 Å². The lowest BCUT2D eigenvalue weighted by molar-refractivity contribution is -0.385.